The van der Waals surface area contributed by atoms with Crippen molar-refractivity contribution < 1.29 is 13.2 Å². The van der Waals surface area contributed by atoms with Gasteiger partial charge in [-0.05, 0) is 56.0 Å². The fourth-order valence-electron chi connectivity index (χ4n) is 3.63. The highest BCUT2D eigenvalue weighted by Crippen LogP contribution is 2.32. The van der Waals surface area contributed by atoms with E-state index in [1.165, 1.54) is 27.3 Å². The van der Waals surface area contributed by atoms with Crippen molar-refractivity contribution in [3.63, 3.8) is 0 Å². The summed E-state index contributed by atoms with van der Waals surface area (Å²) < 4.78 is 30.8. The Bertz CT molecular complexity index is 1290. The van der Waals surface area contributed by atoms with E-state index < -0.39 is 22.0 Å². The molecule has 0 N–H and O–H groups in total. The number of carbonyl (C=O) groups is 1. The molecule has 4 rings (SSSR count). The van der Waals surface area contributed by atoms with Crippen molar-refractivity contribution >= 4 is 60.4 Å². The Balaban J connectivity index is 1.72. The molecule has 10 heteroatoms. The molecule has 1 atom stereocenters. The third-order valence-corrected chi connectivity index (χ3v) is 10.00. The molecule has 0 aliphatic carbocycles. The fraction of sp³-hybridized carbons (Fsp3) is 0.368. The molecule has 1 aromatic carbocycles. The van der Waals surface area contributed by atoms with Crippen LogP contribution in [0.5, 0.6) is 0 Å². The smallest absolute Gasteiger partial charge is 0.266 e. The maximum atomic E-state index is 13.0. The molecule has 3 aromatic rings. The number of nitrogens with zero attached hydrogens (tertiary/aromatic N) is 3. The Morgan fingerprint density at radius 2 is 1.97 bits per heavy atom. The van der Waals surface area contributed by atoms with Gasteiger partial charge in [0.25, 0.3) is 15.9 Å². The first-order valence-electron chi connectivity index (χ1n) is 9.11. The molecule has 0 spiro atoms. The number of thiophene rings is 1. The zero-order valence-electron chi connectivity index (χ0n) is 16.2. The molecule has 1 fully saturated rings. The van der Waals surface area contributed by atoms with Gasteiger partial charge in [-0.25, -0.2) is 8.42 Å². The van der Waals surface area contributed by atoms with E-state index in [0.29, 0.717) is 28.5 Å². The number of carbonyl (C=O) groups excluding carboxylic acids is 1. The lowest BCUT2D eigenvalue weighted by molar-refractivity contribution is -0.121. The molecule has 3 heterocycles. The Morgan fingerprint density at radius 3 is 2.66 bits per heavy atom. The van der Waals surface area contributed by atoms with Crippen molar-refractivity contribution in [1.29, 1.82) is 0 Å². The summed E-state index contributed by atoms with van der Waals surface area (Å²) in [6.07, 6.45) is 1.09. The summed E-state index contributed by atoms with van der Waals surface area (Å²) in [7, 11) is -1.89. The van der Waals surface area contributed by atoms with E-state index in [0.717, 1.165) is 27.1 Å². The number of hydrogen-bond donors (Lipinski definition) is 0. The first kappa shape index (κ1) is 20.7. The minimum absolute atomic E-state index is 0.153. The highest BCUT2D eigenvalue weighted by molar-refractivity contribution is 7.91. The Morgan fingerprint density at radius 1 is 1.21 bits per heavy atom. The lowest BCUT2D eigenvalue weighted by atomic mass is 10.1. The zero-order valence-corrected chi connectivity index (χ0v) is 19.4. The lowest BCUT2D eigenvalue weighted by Gasteiger charge is -2.20. The van der Waals surface area contributed by atoms with Crippen molar-refractivity contribution in [2.24, 2.45) is 12.0 Å². The average molecular weight is 470 g/mol. The molecule has 1 aliphatic rings. The molecule has 1 saturated heterocycles. The molecular weight excluding hydrogens is 450 g/mol. The van der Waals surface area contributed by atoms with E-state index in [-0.39, 0.29) is 4.21 Å². The maximum absolute atomic E-state index is 13.0. The van der Waals surface area contributed by atoms with Crippen LogP contribution >= 0.6 is 34.3 Å². The molecule has 0 radical (unpaired) electrons. The van der Waals surface area contributed by atoms with Crippen LogP contribution in [0.25, 0.3) is 10.2 Å². The maximum Gasteiger partial charge on any atom is 0.266 e. The summed E-state index contributed by atoms with van der Waals surface area (Å²) in [6, 6.07) is 6.33. The van der Waals surface area contributed by atoms with Gasteiger partial charge in [-0.3, -0.25) is 4.79 Å². The number of halogens is 1. The highest BCUT2D eigenvalue weighted by Gasteiger charge is 2.40. The molecule has 154 valence electrons. The molecule has 1 unspecified atom stereocenters. The molecule has 1 aliphatic heterocycles. The van der Waals surface area contributed by atoms with E-state index in [4.69, 9.17) is 11.6 Å². The number of fused-ring (bicyclic) bond motifs is 1. The Kier molecular flexibility index (Phi) is 5.45. The molecular formula is C19H20ClN3O3S3. The zero-order chi connectivity index (χ0) is 20.9. The van der Waals surface area contributed by atoms with Crippen LogP contribution < -0.4 is 4.80 Å². The number of hydrogen-bond acceptors (Lipinski definition) is 5. The van der Waals surface area contributed by atoms with Crippen LogP contribution in [-0.4, -0.2) is 35.8 Å². The standard InChI is InChI=1S/C19H20ClN3O3S3/c1-11-6-7-14-17(12(11)2)22(3)19(27-14)21-18(24)13-5-4-10-23(13)29(25,26)16-9-8-15(20)28-16/h6-9,13H,4-5,10H2,1-3H3. The third-order valence-electron chi connectivity index (χ3n) is 5.29. The van der Waals surface area contributed by atoms with Crippen LogP contribution in [0.2, 0.25) is 4.34 Å². The first-order chi connectivity index (χ1) is 13.7. The van der Waals surface area contributed by atoms with Crippen LogP contribution in [0, 0.1) is 13.8 Å². The van der Waals surface area contributed by atoms with Gasteiger partial charge in [0.05, 0.1) is 14.6 Å². The number of amides is 1. The molecule has 6 nitrogen and oxygen atoms in total. The van der Waals surface area contributed by atoms with Crippen LogP contribution in [-0.2, 0) is 21.9 Å². The number of rotatable bonds is 3. The number of benzene rings is 1. The van der Waals surface area contributed by atoms with Gasteiger partial charge < -0.3 is 4.57 Å². The molecule has 0 bridgehead atoms. The average Bonchev–Trinajstić information content (AvgIpc) is 3.38. The quantitative estimate of drug-likeness (QED) is 0.584. The Hall–Kier alpha value is -1.52. The number of aryl methyl sites for hydroxylation is 3. The summed E-state index contributed by atoms with van der Waals surface area (Å²) in [5.74, 6) is -0.426. The summed E-state index contributed by atoms with van der Waals surface area (Å²) in [4.78, 5) is 17.9. The molecule has 1 amide bonds. The van der Waals surface area contributed by atoms with E-state index in [1.807, 2.05) is 31.5 Å². The SMILES string of the molecule is Cc1ccc2sc(=NC(=O)C3CCCN3S(=O)(=O)c3ccc(Cl)s3)n(C)c2c1C. The first-order valence-corrected chi connectivity index (χ1v) is 12.6. The normalized spacial score (nSPS) is 18.8. The van der Waals surface area contributed by atoms with Crippen molar-refractivity contribution in [2.75, 3.05) is 6.54 Å². The monoisotopic (exact) mass is 469 g/mol. The molecule has 0 saturated carbocycles. The van der Waals surface area contributed by atoms with Crippen LogP contribution in [0.4, 0.5) is 0 Å². The lowest BCUT2D eigenvalue weighted by Crippen LogP contribution is -2.40. The van der Waals surface area contributed by atoms with Crippen molar-refractivity contribution in [3.05, 3.63) is 44.5 Å². The fourth-order valence-corrected chi connectivity index (χ4v) is 7.98. The van der Waals surface area contributed by atoms with Gasteiger partial charge in [0.2, 0.25) is 0 Å². The predicted molar refractivity (Wildman–Crippen MR) is 117 cm³/mol. The second-order valence-corrected chi connectivity index (χ2v) is 11.9. The van der Waals surface area contributed by atoms with Gasteiger partial charge >= 0.3 is 0 Å². The number of sulfonamides is 1. The summed E-state index contributed by atoms with van der Waals surface area (Å²) in [5, 5.41) is 0. The summed E-state index contributed by atoms with van der Waals surface area (Å²) in [5.41, 5.74) is 3.37. The molecule has 29 heavy (non-hydrogen) atoms. The minimum Gasteiger partial charge on any atom is -0.319 e. The van der Waals surface area contributed by atoms with Gasteiger partial charge in [-0.2, -0.15) is 9.30 Å². The van der Waals surface area contributed by atoms with Gasteiger partial charge in [0.15, 0.2) is 4.80 Å². The van der Waals surface area contributed by atoms with Gasteiger partial charge in [0, 0.05) is 13.6 Å². The Labute approximate surface area is 182 Å². The van der Waals surface area contributed by atoms with Gasteiger partial charge in [-0.1, -0.05) is 29.0 Å². The predicted octanol–water partition coefficient (Wildman–Crippen LogP) is 3.85. The number of thiazole rings is 1. The highest BCUT2D eigenvalue weighted by atomic mass is 35.5. The second kappa shape index (κ2) is 7.63. The van der Waals surface area contributed by atoms with Crippen molar-refractivity contribution in [3.8, 4) is 0 Å². The van der Waals surface area contributed by atoms with Crippen LogP contribution in [0.3, 0.4) is 0 Å². The second-order valence-electron chi connectivity index (χ2n) is 7.08. The van der Waals surface area contributed by atoms with Gasteiger partial charge in [0.1, 0.15) is 10.3 Å². The van der Waals surface area contributed by atoms with Crippen LogP contribution in [0.15, 0.2) is 33.5 Å². The largest absolute Gasteiger partial charge is 0.319 e. The third kappa shape index (κ3) is 3.59. The van der Waals surface area contributed by atoms with Crippen molar-refractivity contribution in [2.45, 2.75) is 36.9 Å². The summed E-state index contributed by atoms with van der Waals surface area (Å²) in [6.45, 7) is 4.40. The van der Waals surface area contributed by atoms with Gasteiger partial charge in [-0.15, -0.1) is 11.3 Å². The van der Waals surface area contributed by atoms with E-state index in [1.54, 1.807) is 6.07 Å². The van der Waals surface area contributed by atoms with E-state index in [2.05, 4.69) is 11.1 Å². The van der Waals surface area contributed by atoms with E-state index >= 15 is 0 Å². The topological polar surface area (TPSA) is 71.7 Å². The van der Waals surface area contributed by atoms with Crippen LogP contribution in [0.1, 0.15) is 24.0 Å². The molecule has 2 aromatic heterocycles. The number of aromatic nitrogens is 1. The van der Waals surface area contributed by atoms with Crippen molar-refractivity contribution in [1.82, 2.24) is 8.87 Å². The van der Waals surface area contributed by atoms with E-state index in [9.17, 15) is 13.2 Å². The minimum atomic E-state index is -3.77. The summed E-state index contributed by atoms with van der Waals surface area (Å²) >= 11 is 8.34.